The first-order valence-corrected chi connectivity index (χ1v) is 2.21. The summed E-state index contributed by atoms with van der Waals surface area (Å²) in [5, 5.41) is 0.896. The summed E-state index contributed by atoms with van der Waals surface area (Å²) in [6, 6.07) is 0. The molecule has 0 saturated heterocycles. The highest BCUT2D eigenvalue weighted by Gasteiger charge is 1.47. The molecule has 0 bridgehead atoms. The molecule has 0 aliphatic carbocycles. The van der Waals surface area contributed by atoms with Crippen molar-refractivity contribution in [2.45, 2.75) is 0 Å². The summed E-state index contributed by atoms with van der Waals surface area (Å²) in [7, 11) is 0. The first-order chi connectivity index (χ1) is 1.91. The third-order valence-corrected chi connectivity index (χ3v) is 0.567. The van der Waals surface area contributed by atoms with Crippen LogP contribution < -0.4 is 0 Å². The Morgan fingerprint density at radius 1 is 1.80 bits per heavy atom. The minimum atomic E-state index is 0. The normalized spacial score (nSPS) is 5.00. The summed E-state index contributed by atoms with van der Waals surface area (Å²) in [5.41, 5.74) is 0. The average molecular weight is 249 g/mol. The van der Waals surface area contributed by atoms with E-state index < -0.39 is 0 Å². The second-order valence-electron chi connectivity index (χ2n) is 0.443. The SMILES string of the molecule is C=CCBr.I. The summed E-state index contributed by atoms with van der Waals surface area (Å²) < 4.78 is 0. The lowest BCUT2D eigenvalue weighted by molar-refractivity contribution is 1.87. The lowest BCUT2D eigenvalue weighted by Gasteiger charge is -1.55. The van der Waals surface area contributed by atoms with E-state index in [9.17, 15) is 0 Å². The van der Waals surface area contributed by atoms with Crippen molar-refractivity contribution in [1.82, 2.24) is 0 Å². The molecule has 0 rings (SSSR count). The standard InChI is InChI=1S/C3H5Br.HI/c1-2-3-4;/h2H,1,3H2;1H. The molecule has 0 radical (unpaired) electrons. The summed E-state index contributed by atoms with van der Waals surface area (Å²) in [4.78, 5) is 0. The first-order valence-electron chi connectivity index (χ1n) is 1.08. The van der Waals surface area contributed by atoms with Gasteiger partial charge in [-0.15, -0.1) is 30.6 Å². The molecule has 5 heavy (non-hydrogen) atoms. The Balaban J connectivity index is 0. The molecule has 32 valence electrons. The molecule has 0 aromatic carbocycles. The van der Waals surface area contributed by atoms with E-state index in [1.54, 1.807) is 6.08 Å². The van der Waals surface area contributed by atoms with Crippen molar-refractivity contribution in [2.75, 3.05) is 5.33 Å². The summed E-state index contributed by atoms with van der Waals surface area (Å²) in [5.74, 6) is 0. The highest BCUT2D eigenvalue weighted by atomic mass is 127. The average Bonchev–Trinajstić information content (AvgIpc) is 1.37. The third-order valence-electron chi connectivity index (χ3n) is 0.109. The fraction of sp³-hybridized carbons (Fsp3) is 0.333. The van der Waals surface area contributed by atoms with Gasteiger partial charge in [0.05, 0.1) is 0 Å². The van der Waals surface area contributed by atoms with E-state index in [-0.39, 0.29) is 24.0 Å². The molecule has 0 saturated carbocycles. The molecule has 0 nitrogen and oxygen atoms in total. The second-order valence-corrected chi connectivity index (χ2v) is 1.09. The van der Waals surface area contributed by atoms with Crippen LogP contribution in [0.2, 0.25) is 0 Å². The van der Waals surface area contributed by atoms with Gasteiger partial charge in [-0.25, -0.2) is 0 Å². The molecule has 0 aromatic heterocycles. The van der Waals surface area contributed by atoms with Crippen molar-refractivity contribution < 1.29 is 0 Å². The molecule has 0 aromatic rings. The Morgan fingerprint density at radius 2 is 2.00 bits per heavy atom. The second kappa shape index (κ2) is 8.87. The molecule has 0 atom stereocenters. The Morgan fingerprint density at radius 3 is 2.00 bits per heavy atom. The van der Waals surface area contributed by atoms with Crippen LogP contribution in [0.5, 0.6) is 0 Å². The fourth-order valence-corrected chi connectivity index (χ4v) is 0. The van der Waals surface area contributed by atoms with Crippen LogP contribution in [-0.4, -0.2) is 5.33 Å². The van der Waals surface area contributed by atoms with Crippen LogP contribution in [0.3, 0.4) is 0 Å². The van der Waals surface area contributed by atoms with Gasteiger partial charge in [-0.05, 0) is 0 Å². The minimum Gasteiger partial charge on any atom is -0.107 e. The van der Waals surface area contributed by atoms with Gasteiger partial charge < -0.3 is 0 Å². The molecule has 0 unspecified atom stereocenters. The molecule has 0 amide bonds. The zero-order valence-corrected chi connectivity index (χ0v) is 6.69. The monoisotopic (exact) mass is 248 g/mol. The number of rotatable bonds is 1. The molecule has 0 aliphatic rings. The Bertz CT molecular complexity index is 20.9. The van der Waals surface area contributed by atoms with Gasteiger partial charge in [0.25, 0.3) is 0 Å². The van der Waals surface area contributed by atoms with E-state index in [0.29, 0.717) is 0 Å². The van der Waals surface area contributed by atoms with Crippen LogP contribution in [0.1, 0.15) is 0 Å². The Kier molecular flexibility index (Phi) is 16.6. The van der Waals surface area contributed by atoms with Gasteiger partial charge in [-0.3, -0.25) is 0 Å². The number of hydrogen-bond acceptors (Lipinski definition) is 0. The number of alkyl halides is 1. The zero-order chi connectivity index (χ0) is 3.41. The highest BCUT2D eigenvalue weighted by molar-refractivity contribution is 14.0. The maximum absolute atomic E-state index is 3.43. The lowest BCUT2D eigenvalue weighted by Crippen LogP contribution is -1.43. The van der Waals surface area contributed by atoms with Crippen LogP contribution >= 0.6 is 39.9 Å². The van der Waals surface area contributed by atoms with Gasteiger partial charge in [0, 0.05) is 5.33 Å². The van der Waals surface area contributed by atoms with Crippen molar-refractivity contribution in [3.05, 3.63) is 12.7 Å². The molecule has 0 spiro atoms. The van der Waals surface area contributed by atoms with Crippen molar-refractivity contribution >= 4 is 39.9 Å². The van der Waals surface area contributed by atoms with Gasteiger partial charge in [0.2, 0.25) is 0 Å². The van der Waals surface area contributed by atoms with Crippen molar-refractivity contribution in [3.8, 4) is 0 Å². The Hall–Kier alpha value is 0.950. The largest absolute Gasteiger partial charge is 0.107 e. The molecule has 0 heterocycles. The topological polar surface area (TPSA) is 0 Å². The number of hydrogen-bond donors (Lipinski definition) is 0. The smallest absolute Gasteiger partial charge is 0.0209 e. The van der Waals surface area contributed by atoms with Gasteiger partial charge in [0.1, 0.15) is 0 Å². The predicted octanol–water partition coefficient (Wildman–Crippen LogP) is 2.19. The van der Waals surface area contributed by atoms with Crippen molar-refractivity contribution in [3.63, 3.8) is 0 Å². The number of allylic oxidation sites excluding steroid dienone is 1. The quantitative estimate of drug-likeness (QED) is 0.379. The summed E-state index contributed by atoms with van der Waals surface area (Å²) in [6.45, 7) is 3.43. The van der Waals surface area contributed by atoms with Crippen LogP contribution in [0.25, 0.3) is 0 Å². The van der Waals surface area contributed by atoms with E-state index >= 15 is 0 Å². The predicted molar refractivity (Wildman–Crippen MR) is 39.4 cm³/mol. The molecule has 0 fully saturated rings. The van der Waals surface area contributed by atoms with E-state index in [2.05, 4.69) is 22.5 Å². The molecule has 0 aliphatic heterocycles. The Labute approximate surface area is 57.8 Å². The van der Waals surface area contributed by atoms with Crippen LogP contribution in [-0.2, 0) is 0 Å². The van der Waals surface area contributed by atoms with E-state index in [1.165, 1.54) is 0 Å². The van der Waals surface area contributed by atoms with Crippen LogP contribution in [0.15, 0.2) is 12.7 Å². The maximum atomic E-state index is 3.43. The molecular weight excluding hydrogens is 243 g/mol. The fourth-order valence-electron chi connectivity index (χ4n) is 0. The van der Waals surface area contributed by atoms with Crippen LogP contribution in [0.4, 0.5) is 0 Å². The molecule has 0 N–H and O–H groups in total. The molecular formula is C3H6BrI. The van der Waals surface area contributed by atoms with Gasteiger partial charge in [0.15, 0.2) is 0 Å². The number of halogens is 2. The minimum absolute atomic E-state index is 0. The zero-order valence-electron chi connectivity index (χ0n) is 2.78. The van der Waals surface area contributed by atoms with Crippen LogP contribution in [0, 0.1) is 0 Å². The van der Waals surface area contributed by atoms with Gasteiger partial charge in [-0.2, -0.15) is 0 Å². The van der Waals surface area contributed by atoms with E-state index in [4.69, 9.17) is 0 Å². The lowest BCUT2D eigenvalue weighted by atomic mass is 10.8. The molecule has 2 heteroatoms. The summed E-state index contributed by atoms with van der Waals surface area (Å²) in [6.07, 6.45) is 1.79. The van der Waals surface area contributed by atoms with Crippen molar-refractivity contribution in [1.29, 1.82) is 0 Å². The van der Waals surface area contributed by atoms with Gasteiger partial charge in [-0.1, -0.05) is 22.0 Å². The van der Waals surface area contributed by atoms with Crippen molar-refractivity contribution in [2.24, 2.45) is 0 Å². The van der Waals surface area contributed by atoms with E-state index in [0.717, 1.165) is 5.33 Å². The maximum Gasteiger partial charge on any atom is 0.0209 e. The first kappa shape index (κ1) is 9.34. The van der Waals surface area contributed by atoms with E-state index in [1.807, 2.05) is 0 Å². The highest BCUT2D eigenvalue weighted by Crippen LogP contribution is 1.73. The third kappa shape index (κ3) is 11.3. The summed E-state index contributed by atoms with van der Waals surface area (Å²) >= 11 is 3.13. The van der Waals surface area contributed by atoms with Gasteiger partial charge >= 0.3 is 0 Å².